The van der Waals surface area contributed by atoms with Crippen molar-refractivity contribution in [2.24, 2.45) is 0 Å². The van der Waals surface area contributed by atoms with Gasteiger partial charge in [0, 0.05) is 24.2 Å². The minimum atomic E-state index is -0.737. The largest absolute Gasteiger partial charge is 0.328 e. The van der Waals surface area contributed by atoms with E-state index in [1.165, 1.54) is 6.33 Å². The van der Waals surface area contributed by atoms with Crippen LogP contribution in [0.25, 0.3) is 23.3 Å². The molecule has 4 heterocycles. The Bertz CT molecular complexity index is 1110. The Balaban J connectivity index is 1.86. The Morgan fingerprint density at radius 2 is 2.00 bits per heavy atom. The summed E-state index contributed by atoms with van der Waals surface area (Å²) in [6.07, 6.45) is 3.78. The molecule has 0 spiro atoms. The van der Waals surface area contributed by atoms with Crippen molar-refractivity contribution in [3.05, 3.63) is 45.8 Å². The van der Waals surface area contributed by atoms with E-state index >= 15 is 0 Å². The topological polar surface area (TPSA) is 60.6 Å². The SMILES string of the molecule is Fc1cc(Cl)cc(F)c1-c1nc2c3n1CCC=3n1ncnc1NC=2. The van der Waals surface area contributed by atoms with Gasteiger partial charge < -0.3 is 9.88 Å². The zero-order chi connectivity index (χ0) is 16.4. The lowest BCUT2D eigenvalue weighted by atomic mass is 10.2. The van der Waals surface area contributed by atoms with Crippen molar-refractivity contribution < 1.29 is 8.78 Å². The van der Waals surface area contributed by atoms with Gasteiger partial charge in [-0.2, -0.15) is 10.1 Å². The molecule has 0 unspecified atom stereocenters. The highest BCUT2D eigenvalue weighted by atomic mass is 35.5. The lowest BCUT2D eigenvalue weighted by molar-refractivity contribution is 0.584. The Morgan fingerprint density at radius 1 is 1.21 bits per heavy atom. The zero-order valence-corrected chi connectivity index (χ0v) is 12.8. The summed E-state index contributed by atoms with van der Waals surface area (Å²) in [5.74, 6) is -0.649. The molecule has 5 rings (SSSR count). The summed E-state index contributed by atoms with van der Waals surface area (Å²) in [7, 11) is 0. The van der Waals surface area contributed by atoms with Gasteiger partial charge in [-0.05, 0) is 12.1 Å². The van der Waals surface area contributed by atoms with Crippen LogP contribution in [0.4, 0.5) is 14.7 Å². The molecule has 6 nitrogen and oxygen atoms in total. The third-order valence-electron chi connectivity index (χ3n) is 4.21. The van der Waals surface area contributed by atoms with Crippen molar-refractivity contribution in [3.8, 4) is 11.4 Å². The van der Waals surface area contributed by atoms with E-state index in [0.717, 1.165) is 23.2 Å². The van der Waals surface area contributed by atoms with E-state index in [1.807, 2.05) is 0 Å². The van der Waals surface area contributed by atoms with Gasteiger partial charge in [0.1, 0.15) is 29.1 Å². The molecule has 2 aliphatic rings. The van der Waals surface area contributed by atoms with Crippen LogP contribution in [-0.2, 0) is 6.54 Å². The molecule has 0 saturated carbocycles. The highest BCUT2D eigenvalue weighted by molar-refractivity contribution is 6.30. The first-order chi connectivity index (χ1) is 11.6. The highest BCUT2D eigenvalue weighted by Crippen LogP contribution is 2.28. The van der Waals surface area contributed by atoms with Gasteiger partial charge in [-0.25, -0.2) is 18.4 Å². The first kappa shape index (κ1) is 13.7. The fourth-order valence-corrected chi connectivity index (χ4v) is 3.44. The predicted octanol–water partition coefficient (Wildman–Crippen LogP) is 1.30. The molecule has 9 heteroatoms. The molecule has 2 aromatic heterocycles. The lowest BCUT2D eigenvalue weighted by Gasteiger charge is -2.07. The molecule has 0 atom stereocenters. The molecule has 0 saturated heterocycles. The number of fused-ring (bicyclic) bond motifs is 2. The maximum absolute atomic E-state index is 14.3. The molecule has 2 aliphatic heterocycles. The van der Waals surface area contributed by atoms with Crippen LogP contribution in [0.3, 0.4) is 0 Å². The molecule has 24 heavy (non-hydrogen) atoms. The normalized spacial score (nSPS) is 14.7. The van der Waals surface area contributed by atoms with E-state index in [1.54, 1.807) is 15.4 Å². The van der Waals surface area contributed by atoms with Crippen molar-refractivity contribution in [2.45, 2.75) is 13.0 Å². The molecule has 1 N–H and O–H groups in total. The first-order valence-corrected chi connectivity index (χ1v) is 7.63. The minimum Gasteiger partial charge on any atom is -0.328 e. The summed E-state index contributed by atoms with van der Waals surface area (Å²) in [5.41, 5.74) is 0.716. The summed E-state index contributed by atoms with van der Waals surface area (Å²) in [6.45, 7) is 0.557. The molecule has 0 aliphatic carbocycles. The zero-order valence-electron chi connectivity index (χ0n) is 12.1. The second-order valence-corrected chi connectivity index (χ2v) is 5.98. The number of hydrogen-bond acceptors (Lipinski definition) is 4. The maximum atomic E-state index is 14.3. The second kappa shape index (κ2) is 4.64. The van der Waals surface area contributed by atoms with Crippen LogP contribution < -0.4 is 16.0 Å². The average Bonchev–Trinajstić information content (AvgIpc) is 3.19. The number of hydrogen-bond donors (Lipinski definition) is 1. The maximum Gasteiger partial charge on any atom is 0.229 e. The number of aromatic nitrogens is 5. The summed E-state index contributed by atoms with van der Waals surface area (Å²) in [4.78, 5) is 8.56. The van der Waals surface area contributed by atoms with E-state index in [9.17, 15) is 8.78 Å². The molecule has 3 aromatic rings. The predicted molar refractivity (Wildman–Crippen MR) is 83.4 cm³/mol. The average molecular weight is 347 g/mol. The van der Waals surface area contributed by atoms with Gasteiger partial charge >= 0.3 is 0 Å². The van der Waals surface area contributed by atoms with Crippen LogP contribution in [0, 0.1) is 11.6 Å². The van der Waals surface area contributed by atoms with Gasteiger partial charge in [0.05, 0.1) is 16.6 Å². The Labute approximate surface area is 138 Å². The van der Waals surface area contributed by atoms with Crippen LogP contribution in [-0.4, -0.2) is 24.3 Å². The third-order valence-corrected chi connectivity index (χ3v) is 4.43. The van der Waals surface area contributed by atoms with Crippen LogP contribution in [0.2, 0.25) is 5.02 Å². The van der Waals surface area contributed by atoms with Crippen molar-refractivity contribution in [1.29, 1.82) is 0 Å². The summed E-state index contributed by atoms with van der Waals surface area (Å²) >= 11 is 5.71. The van der Waals surface area contributed by atoms with Crippen LogP contribution in [0.5, 0.6) is 0 Å². The minimum absolute atomic E-state index is 0.0102. The quantitative estimate of drug-likeness (QED) is 0.721. The Hall–Kier alpha value is -2.74. The number of imidazole rings is 1. The Morgan fingerprint density at radius 3 is 2.79 bits per heavy atom. The van der Waals surface area contributed by atoms with Gasteiger partial charge in [0.15, 0.2) is 0 Å². The smallest absolute Gasteiger partial charge is 0.229 e. The number of nitrogens with zero attached hydrogens (tertiary/aromatic N) is 5. The van der Waals surface area contributed by atoms with Crippen molar-refractivity contribution in [1.82, 2.24) is 24.3 Å². The standard InChI is InChI=1S/C15H9ClF2N6/c16-7-3-8(17)12(9(18)4-7)14-22-10-5-19-15-20-6-21-24(15)11-1-2-23(14)13(10)11/h3-6H,1-2H2,(H,19,20,21). The molecular weight excluding hydrogens is 338 g/mol. The van der Waals surface area contributed by atoms with Crippen molar-refractivity contribution in [2.75, 3.05) is 5.32 Å². The van der Waals surface area contributed by atoms with Crippen molar-refractivity contribution >= 4 is 29.4 Å². The van der Waals surface area contributed by atoms with Crippen molar-refractivity contribution in [3.63, 3.8) is 0 Å². The fourth-order valence-electron chi connectivity index (χ4n) is 3.25. The van der Waals surface area contributed by atoms with E-state index < -0.39 is 11.6 Å². The number of halogens is 3. The van der Waals surface area contributed by atoms with E-state index in [0.29, 0.717) is 24.3 Å². The van der Waals surface area contributed by atoms with Crippen LogP contribution in [0.1, 0.15) is 6.42 Å². The molecule has 0 radical (unpaired) electrons. The Kier molecular flexibility index (Phi) is 2.64. The number of anilines is 1. The van der Waals surface area contributed by atoms with E-state index in [-0.39, 0.29) is 16.4 Å². The molecule has 0 amide bonds. The molecular formula is C15H9ClF2N6. The molecule has 120 valence electrons. The molecule has 0 bridgehead atoms. The van der Waals surface area contributed by atoms with Gasteiger partial charge in [-0.15, -0.1) is 0 Å². The van der Waals surface area contributed by atoms with Crippen LogP contribution >= 0.6 is 11.6 Å². The van der Waals surface area contributed by atoms with Gasteiger partial charge in [0.2, 0.25) is 5.95 Å². The van der Waals surface area contributed by atoms with Gasteiger partial charge in [-0.3, -0.25) is 0 Å². The van der Waals surface area contributed by atoms with E-state index in [4.69, 9.17) is 11.6 Å². The van der Waals surface area contributed by atoms with Gasteiger partial charge in [-0.1, -0.05) is 11.6 Å². The molecule has 1 aromatic carbocycles. The van der Waals surface area contributed by atoms with E-state index in [2.05, 4.69) is 20.4 Å². The lowest BCUT2D eigenvalue weighted by Crippen LogP contribution is -2.29. The highest BCUT2D eigenvalue weighted by Gasteiger charge is 2.26. The second-order valence-electron chi connectivity index (χ2n) is 5.55. The first-order valence-electron chi connectivity index (χ1n) is 7.25. The summed E-state index contributed by atoms with van der Waals surface area (Å²) in [6, 6.07) is 2.18. The number of benzene rings is 1. The summed E-state index contributed by atoms with van der Waals surface area (Å²) in [5, 5.41) is 8.62. The number of rotatable bonds is 1. The third kappa shape index (κ3) is 1.71. The fraction of sp³-hybridized carbons (Fsp3) is 0.133. The van der Waals surface area contributed by atoms with Gasteiger partial charge in [0.25, 0.3) is 0 Å². The summed E-state index contributed by atoms with van der Waals surface area (Å²) < 4.78 is 32.1. The molecule has 0 fully saturated rings. The number of nitrogens with one attached hydrogen (secondary N) is 1. The monoisotopic (exact) mass is 346 g/mol. The van der Waals surface area contributed by atoms with Crippen LogP contribution in [0.15, 0.2) is 18.5 Å².